The number of aromatic nitrogens is 1. The van der Waals surface area contributed by atoms with Gasteiger partial charge in [-0.2, -0.15) is 5.26 Å². The van der Waals surface area contributed by atoms with Crippen LogP contribution < -0.4 is 25.5 Å². The molecule has 0 saturated carbocycles. The van der Waals surface area contributed by atoms with E-state index in [2.05, 4.69) is 6.07 Å². The molecular weight excluding hydrogens is 437 g/mol. The maximum atomic E-state index is 13.7. The van der Waals surface area contributed by atoms with Gasteiger partial charge in [0, 0.05) is 18.3 Å². The summed E-state index contributed by atoms with van der Waals surface area (Å²) >= 11 is 0. The van der Waals surface area contributed by atoms with Gasteiger partial charge in [-0.25, -0.2) is 4.39 Å². The maximum Gasteiger partial charge on any atom is 0.258 e. The van der Waals surface area contributed by atoms with Crippen molar-refractivity contribution < 1.29 is 18.6 Å². The lowest BCUT2D eigenvalue weighted by molar-refractivity contribution is 0.354. The van der Waals surface area contributed by atoms with Crippen molar-refractivity contribution in [3.63, 3.8) is 0 Å². The summed E-state index contributed by atoms with van der Waals surface area (Å²) in [6.07, 6.45) is 0.561. The summed E-state index contributed by atoms with van der Waals surface area (Å²) in [4.78, 5) is 13.7. The summed E-state index contributed by atoms with van der Waals surface area (Å²) in [5.74, 6) is 0.305. The molecule has 3 aromatic rings. The largest absolute Gasteiger partial charge is 0.493 e. The third kappa shape index (κ3) is 4.08. The van der Waals surface area contributed by atoms with E-state index in [1.165, 1.54) is 12.1 Å². The van der Waals surface area contributed by atoms with Crippen LogP contribution in [0.3, 0.4) is 0 Å². The third-order valence-electron chi connectivity index (χ3n) is 5.97. The quantitative estimate of drug-likeness (QED) is 0.600. The van der Waals surface area contributed by atoms with Gasteiger partial charge in [0.25, 0.3) is 5.56 Å². The van der Waals surface area contributed by atoms with E-state index in [9.17, 15) is 14.4 Å². The number of nitriles is 1. The topological polar surface area (TPSA) is 99.5 Å². The highest BCUT2D eigenvalue weighted by molar-refractivity contribution is 5.55. The first kappa shape index (κ1) is 22.9. The number of halogens is 1. The molecule has 2 aromatic carbocycles. The maximum absolute atomic E-state index is 13.7. The molecule has 0 spiro atoms. The number of ether oxygens (including phenoxy) is 3. The Kier molecular flexibility index (Phi) is 6.28. The number of benzene rings is 2. The predicted molar refractivity (Wildman–Crippen MR) is 124 cm³/mol. The highest BCUT2D eigenvalue weighted by Crippen LogP contribution is 2.40. The Morgan fingerprint density at radius 2 is 1.82 bits per heavy atom. The molecule has 1 atom stereocenters. The molecule has 1 aromatic heterocycles. The van der Waals surface area contributed by atoms with E-state index in [-0.39, 0.29) is 17.0 Å². The molecule has 0 amide bonds. The van der Waals surface area contributed by atoms with E-state index in [0.717, 1.165) is 5.56 Å². The third-order valence-corrected chi connectivity index (χ3v) is 5.97. The Balaban J connectivity index is 1.76. The highest BCUT2D eigenvalue weighted by Gasteiger charge is 2.34. The van der Waals surface area contributed by atoms with Crippen molar-refractivity contribution in [3.8, 4) is 23.3 Å². The molecular formula is C26H24FN3O4. The Morgan fingerprint density at radius 3 is 2.47 bits per heavy atom. The van der Waals surface area contributed by atoms with Gasteiger partial charge in [0.05, 0.1) is 25.7 Å². The molecule has 1 aliphatic rings. The number of aryl methyl sites for hydroxylation is 2. The van der Waals surface area contributed by atoms with Crippen LogP contribution in [0.4, 0.5) is 4.39 Å². The van der Waals surface area contributed by atoms with E-state index in [1.54, 1.807) is 37.0 Å². The average molecular weight is 461 g/mol. The van der Waals surface area contributed by atoms with Crippen LogP contribution in [-0.2, 0) is 13.0 Å². The second-order valence-corrected chi connectivity index (χ2v) is 7.94. The van der Waals surface area contributed by atoms with Crippen LogP contribution in [0.5, 0.6) is 17.2 Å². The van der Waals surface area contributed by atoms with Gasteiger partial charge in [0.2, 0.25) is 5.88 Å². The van der Waals surface area contributed by atoms with Crippen LogP contribution in [0.2, 0.25) is 0 Å². The molecule has 2 heterocycles. The fourth-order valence-electron chi connectivity index (χ4n) is 4.23. The standard InChI is InChI=1S/C26H24FN3O4/c1-15-12-22-24(23(19(14-28)25(29)34-22)17-5-7-18(27)8-6-17)26(31)30(15)11-10-16-4-9-20(32-2)21(13-16)33-3/h4-9,12-13,23H,10-11,29H2,1-3H3/t23-/m1/s1. The van der Waals surface area contributed by atoms with Crippen LogP contribution in [-0.4, -0.2) is 18.8 Å². The lowest BCUT2D eigenvalue weighted by atomic mass is 9.84. The Hall–Kier alpha value is -4.25. The molecule has 2 N–H and O–H groups in total. The first-order valence-electron chi connectivity index (χ1n) is 10.7. The van der Waals surface area contributed by atoms with E-state index >= 15 is 0 Å². The number of rotatable bonds is 6. The van der Waals surface area contributed by atoms with Crippen LogP contribution in [0.25, 0.3) is 0 Å². The summed E-state index contributed by atoms with van der Waals surface area (Å²) < 4.78 is 31.5. The number of pyridine rings is 1. The molecule has 0 bridgehead atoms. The van der Waals surface area contributed by atoms with E-state index in [4.69, 9.17) is 19.9 Å². The van der Waals surface area contributed by atoms with Crippen molar-refractivity contribution in [2.24, 2.45) is 5.73 Å². The van der Waals surface area contributed by atoms with E-state index in [0.29, 0.717) is 47.0 Å². The minimum Gasteiger partial charge on any atom is -0.493 e. The molecule has 0 saturated heterocycles. The number of hydrogen-bond donors (Lipinski definition) is 1. The summed E-state index contributed by atoms with van der Waals surface area (Å²) in [5, 5.41) is 9.76. The van der Waals surface area contributed by atoms with Gasteiger partial charge in [-0.3, -0.25) is 4.79 Å². The molecule has 8 heteroatoms. The fraction of sp³-hybridized carbons (Fsp3) is 0.231. The summed E-state index contributed by atoms with van der Waals surface area (Å²) in [7, 11) is 3.14. The van der Waals surface area contributed by atoms with Crippen molar-refractivity contribution in [3.05, 3.63) is 98.5 Å². The van der Waals surface area contributed by atoms with Gasteiger partial charge >= 0.3 is 0 Å². The molecule has 174 valence electrons. The highest BCUT2D eigenvalue weighted by atomic mass is 19.1. The molecule has 7 nitrogen and oxygen atoms in total. The van der Waals surface area contributed by atoms with Gasteiger partial charge in [-0.15, -0.1) is 0 Å². The minimum absolute atomic E-state index is 0.0637. The zero-order valence-corrected chi connectivity index (χ0v) is 19.1. The molecule has 0 aliphatic carbocycles. The number of methoxy groups -OCH3 is 2. The first-order chi connectivity index (χ1) is 16.4. The van der Waals surface area contributed by atoms with Crippen LogP contribution in [0.1, 0.15) is 28.3 Å². The minimum atomic E-state index is -0.755. The molecule has 34 heavy (non-hydrogen) atoms. The van der Waals surface area contributed by atoms with Gasteiger partial charge in [0.15, 0.2) is 11.5 Å². The predicted octanol–water partition coefficient (Wildman–Crippen LogP) is 3.77. The number of allylic oxidation sites excluding steroid dienone is 1. The van der Waals surface area contributed by atoms with Crippen LogP contribution >= 0.6 is 0 Å². The van der Waals surface area contributed by atoms with Crippen molar-refractivity contribution in [1.29, 1.82) is 5.26 Å². The zero-order chi connectivity index (χ0) is 24.4. The molecule has 0 unspecified atom stereocenters. The van der Waals surface area contributed by atoms with Crippen LogP contribution in [0, 0.1) is 24.1 Å². The summed E-state index contributed by atoms with van der Waals surface area (Å²) in [6, 6.07) is 15.1. The molecule has 1 aliphatic heterocycles. The second kappa shape index (κ2) is 9.32. The van der Waals surface area contributed by atoms with Crippen molar-refractivity contribution in [1.82, 2.24) is 4.57 Å². The Bertz CT molecular complexity index is 1370. The normalized spacial score (nSPS) is 14.7. The monoisotopic (exact) mass is 461 g/mol. The van der Waals surface area contributed by atoms with Crippen LogP contribution in [0.15, 0.2) is 64.8 Å². The van der Waals surface area contributed by atoms with E-state index in [1.807, 2.05) is 25.1 Å². The van der Waals surface area contributed by atoms with Crippen molar-refractivity contribution >= 4 is 0 Å². The SMILES string of the molecule is COc1ccc(CCn2c(C)cc3c(c2=O)[C@H](c2ccc(F)cc2)C(C#N)=C(N)O3)cc1OC. The number of nitrogens with two attached hydrogens (primary N) is 1. The van der Waals surface area contributed by atoms with Gasteiger partial charge in [-0.1, -0.05) is 18.2 Å². The van der Waals surface area contributed by atoms with Crippen molar-refractivity contribution in [2.45, 2.75) is 25.8 Å². The summed E-state index contributed by atoms with van der Waals surface area (Å²) in [5.41, 5.74) is 8.39. The lowest BCUT2D eigenvalue weighted by Crippen LogP contribution is -2.33. The molecule has 0 radical (unpaired) electrons. The van der Waals surface area contributed by atoms with Gasteiger partial charge in [0.1, 0.15) is 23.2 Å². The summed E-state index contributed by atoms with van der Waals surface area (Å²) in [6.45, 7) is 2.21. The van der Waals surface area contributed by atoms with Gasteiger partial charge in [-0.05, 0) is 48.7 Å². The first-order valence-corrected chi connectivity index (χ1v) is 10.7. The zero-order valence-electron chi connectivity index (χ0n) is 19.1. The number of nitrogens with zero attached hydrogens (tertiary/aromatic N) is 2. The number of hydrogen-bond acceptors (Lipinski definition) is 6. The average Bonchev–Trinajstić information content (AvgIpc) is 2.83. The Morgan fingerprint density at radius 1 is 1.12 bits per heavy atom. The van der Waals surface area contributed by atoms with E-state index < -0.39 is 11.7 Å². The van der Waals surface area contributed by atoms with Crippen molar-refractivity contribution in [2.75, 3.05) is 14.2 Å². The van der Waals surface area contributed by atoms with Gasteiger partial charge < -0.3 is 24.5 Å². The second-order valence-electron chi connectivity index (χ2n) is 7.94. The molecule has 0 fully saturated rings. The Labute approximate surface area is 196 Å². The number of fused-ring (bicyclic) bond motifs is 1. The lowest BCUT2D eigenvalue weighted by Gasteiger charge is -2.27. The smallest absolute Gasteiger partial charge is 0.258 e. The molecule has 4 rings (SSSR count). The fourth-order valence-corrected chi connectivity index (χ4v) is 4.23.